The van der Waals surface area contributed by atoms with Crippen LogP contribution in [0.25, 0.3) is 5.65 Å². The Morgan fingerprint density at radius 3 is 2.61 bits per heavy atom. The number of halogens is 5. The molecule has 0 atom stereocenters. The molecule has 3 aromatic heterocycles. The first kappa shape index (κ1) is 21.7. The Labute approximate surface area is 195 Å². The summed E-state index contributed by atoms with van der Waals surface area (Å²) in [7, 11) is 0. The maximum Gasteiger partial charge on any atom is 0.433 e. The summed E-state index contributed by atoms with van der Waals surface area (Å²) in [5.74, 6) is -0.470. The van der Waals surface area contributed by atoms with Gasteiger partial charge in [0.2, 0.25) is 0 Å². The van der Waals surface area contributed by atoms with Gasteiger partial charge in [-0.05, 0) is 36.6 Å². The summed E-state index contributed by atoms with van der Waals surface area (Å²) in [6.07, 6.45) is -1.40. The van der Waals surface area contributed by atoms with Gasteiger partial charge in [0, 0.05) is 40.0 Å². The lowest BCUT2D eigenvalue weighted by Crippen LogP contribution is -2.16. The molecule has 1 fully saturated rings. The fraction of sp³-hybridized carbons (Fsp3) is 0.238. The third-order valence-electron chi connectivity index (χ3n) is 5.20. The third-order valence-corrected chi connectivity index (χ3v) is 5.78. The van der Waals surface area contributed by atoms with Crippen molar-refractivity contribution in [1.82, 2.24) is 24.4 Å². The van der Waals surface area contributed by atoms with E-state index in [1.165, 1.54) is 6.07 Å². The first-order chi connectivity index (χ1) is 15.7. The number of hydrogen-bond acceptors (Lipinski definition) is 4. The fourth-order valence-corrected chi connectivity index (χ4v) is 3.88. The Hall–Kier alpha value is -3.11. The largest absolute Gasteiger partial charge is 0.433 e. The first-order valence-electron chi connectivity index (χ1n) is 9.94. The highest BCUT2D eigenvalue weighted by molar-refractivity contribution is 6.35. The van der Waals surface area contributed by atoms with E-state index in [-0.39, 0.29) is 23.1 Å². The zero-order chi connectivity index (χ0) is 23.3. The van der Waals surface area contributed by atoms with E-state index in [0.717, 1.165) is 24.5 Å². The molecule has 0 bridgehead atoms. The molecule has 1 N–H and O–H groups in total. The number of carbonyl (C=O) groups is 1. The van der Waals surface area contributed by atoms with E-state index in [4.69, 9.17) is 23.2 Å². The number of aromatic nitrogens is 5. The summed E-state index contributed by atoms with van der Waals surface area (Å²) in [5.41, 5.74) is -0.0468. The lowest BCUT2D eigenvalue weighted by Gasteiger charge is -2.10. The normalized spacial score (nSPS) is 14.1. The van der Waals surface area contributed by atoms with E-state index in [1.54, 1.807) is 35.1 Å². The summed E-state index contributed by atoms with van der Waals surface area (Å²) < 4.78 is 42.9. The second kappa shape index (κ2) is 8.03. The summed E-state index contributed by atoms with van der Waals surface area (Å²) in [5, 5.41) is 11.6. The monoisotopic (exact) mass is 494 g/mol. The number of fused-ring (bicyclic) bond motifs is 1. The number of alkyl halides is 3. The summed E-state index contributed by atoms with van der Waals surface area (Å²) in [4.78, 5) is 16.9. The highest BCUT2D eigenvalue weighted by Gasteiger charge is 2.37. The molecule has 0 aliphatic heterocycles. The predicted octanol–water partition coefficient (Wildman–Crippen LogP) is 5.43. The second-order valence-electron chi connectivity index (χ2n) is 7.73. The van der Waals surface area contributed by atoms with E-state index in [0.29, 0.717) is 26.8 Å². The standard InChI is InChI=1S/C21H15Cl2F3N6O/c22-13-4-3-12(14(23)7-13)10-31-6-5-18(30-31)28-20(33)16-9-19-27-15(11-1-2-11)8-17(21(24,25)26)32(19)29-16/h3-9,11H,1-2,10H2,(H,28,30,33). The van der Waals surface area contributed by atoms with E-state index in [1.807, 2.05) is 0 Å². The van der Waals surface area contributed by atoms with Crippen molar-refractivity contribution in [2.75, 3.05) is 5.32 Å². The molecule has 5 rings (SSSR count). The van der Waals surface area contributed by atoms with Crippen molar-refractivity contribution in [2.45, 2.75) is 31.5 Å². The molecule has 170 valence electrons. The Morgan fingerprint density at radius 2 is 1.91 bits per heavy atom. The Balaban J connectivity index is 1.37. The molecule has 1 saturated carbocycles. The van der Waals surface area contributed by atoms with Crippen molar-refractivity contribution in [2.24, 2.45) is 0 Å². The van der Waals surface area contributed by atoms with Crippen LogP contribution in [0.15, 0.2) is 42.6 Å². The van der Waals surface area contributed by atoms with Gasteiger partial charge in [-0.15, -0.1) is 0 Å². The van der Waals surface area contributed by atoms with Crippen LogP contribution in [0.4, 0.5) is 19.0 Å². The van der Waals surface area contributed by atoms with Crippen molar-refractivity contribution < 1.29 is 18.0 Å². The Kier molecular flexibility index (Phi) is 5.29. The highest BCUT2D eigenvalue weighted by Crippen LogP contribution is 2.41. The van der Waals surface area contributed by atoms with Crippen LogP contribution in [0.5, 0.6) is 0 Å². The topological polar surface area (TPSA) is 77.1 Å². The number of nitrogens with zero attached hydrogens (tertiary/aromatic N) is 5. The molecule has 1 aliphatic rings. The number of benzene rings is 1. The molecule has 33 heavy (non-hydrogen) atoms. The molecule has 0 radical (unpaired) electrons. The van der Waals surface area contributed by atoms with Gasteiger partial charge < -0.3 is 5.32 Å². The number of carbonyl (C=O) groups excluding carboxylic acids is 1. The van der Waals surface area contributed by atoms with Crippen molar-refractivity contribution in [3.8, 4) is 0 Å². The number of nitrogens with one attached hydrogen (secondary N) is 1. The lowest BCUT2D eigenvalue weighted by atomic mass is 10.2. The first-order valence-corrected chi connectivity index (χ1v) is 10.7. The van der Waals surface area contributed by atoms with Crippen LogP contribution in [-0.4, -0.2) is 30.3 Å². The van der Waals surface area contributed by atoms with E-state index in [9.17, 15) is 18.0 Å². The van der Waals surface area contributed by atoms with Gasteiger partial charge in [-0.1, -0.05) is 29.3 Å². The van der Waals surface area contributed by atoms with Gasteiger partial charge in [0.05, 0.1) is 6.54 Å². The lowest BCUT2D eigenvalue weighted by molar-refractivity contribution is -0.142. The molecule has 0 saturated heterocycles. The molecule has 1 aliphatic carbocycles. The maximum absolute atomic E-state index is 13.6. The van der Waals surface area contributed by atoms with E-state index >= 15 is 0 Å². The average molecular weight is 495 g/mol. The zero-order valence-corrected chi connectivity index (χ0v) is 18.3. The van der Waals surface area contributed by atoms with Crippen molar-refractivity contribution in [3.63, 3.8) is 0 Å². The molecular formula is C21H15Cl2F3N6O. The Morgan fingerprint density at radius 1 is 1.12 bits per heavy atom. The Bertz CT molecular complexity index is 1380. The van der Waals surface area contributed by atoms with Crippen LogP contribution < -0.4 is 5.32 Å². The van der Waals surface area contributed by atoms with Crippen LogP contribution in [0.3, 0.4) is 0 Å². The minimum absolute atomic E-state index is 0.0152. The van der Waals surface area contributed by atoms with Gasteiger partial charge in [0.25, 0.3) is 5.91 Å². The van der Waals surface area contributed by atoms with Gasteiger partial charge in [0.15, 0.2) is 17.2 Å². The van der Waals surface area contributed by atoms with Gasteiger partial charge >= 0.3 is 6.18 Å². The molecular weight excluding hydrogens is 480 g/mol. The molecule has 7 nitrogen and oxygen atoms in total. The maximum atomic E-state index is 13.6. The van der Waals surface area contributed by atoms with Crippen molar-refractivity contribution >= 4 is 40.6 Å². The summed E-state index contributed by atoms with van der Waals surface area (Å²) >= 11 is 12.1. The second-order valence-corrected chi connectivity index (χ2v) is 8.57. The molecule has 1 aromatic carbocycles. The molecule has 1 amide bonds. The third kappa shape index (κ3) is 4.53. The van der Waals surface area contributed by atoms with E-state index < -0.39 is 17.8 Å². The SMILES string of the molecule is O=C(Nc1ccn(Cc2ccc(Cl)cc2Cl)n1)c1cc2nc(C3CC3)cc(C(F)(F)F)n2n1. The smallest absolute Gasteiger partial charge is 0.304 e. The van der Waals surface area contributed by atoms with Gasteiger partial charge in [-0.2, -0.15) is 23.4 Å². The van der Waals surface area contributed by atoms with Crippen molar-refractivity contribution in [1.29, 1.82) is 0 Å². The number of hydrogen-bond donors (Lipinski definition) is 1. The summed E-state index contributed by atoms with van der Waals surface area (Å²) in [6.45, 7) is 0.336. The van der Waals surface area contributed by atoms with Crippen LogP contribution in [0.1, 0.15) is 46.2 Å². The van der Waals surface area contributed by atoms with Crippen molar-refractivity contribution in [3.05, 3.63) is 75.3 Å². The van der Waals surface area contributed by atoms with Crippen LogP contribution in [0.2, 0.25) is 10.0 Å². The van der Waals surface area contributed by atoms with Gasteiger partial charge in [-0.3, -0.25) is 9.48 Å². The number of amides is 1. The average Bonchev–Trinajstić information content (AvgIpc) is 3.35. The van der Waals surface area contributed by atoms with Crippen LogP contribution in [-0.2, 0) is 12.7 Å². The molecule has 12 heteroatoms. The molecule has 0 unspecified atom stereocenters. The zero-order valence-electron chi connectivity index (χ0n) is 16.8. The quantitative estimate of drug-likeness (QED) is 0.401. The minimum atomic E-state index is -4.63. The molecule has 3 heterocycles. The summed E-state index contributed by atoms with van der Waals surface area (Å²) in [6, 6.07) is 8.89. The minimum Gasteiger partial charge on any atom is -0.304 e. The van der Waals surface area contributed by atoms with Gasteiger partial charge in [0.1, 0.15) is 5.69 Å². The van der Waals surface area contributed by atoms with E-state index in [2.05, 4.69) is 20.5 Å². The highest BCUT2D eigenvalue weighted by atomic mass is 35.5. The number of anilines is 1. The van der Waals surface area contributed by atoms with Crippen LogP contribution >= 0.6 is 23.2 Å². The fourth-order valence-electron chi connectivity index (χ4n) is 3.42. The number of rotatable bonds is 5. The molecule has 4 aromatic rings. The van der Waals surface area contributed by atoms with Gasteiger partial charge in [-0.25, -0.2) is 9.50 Å². The predicted molar refractivity (Wildman–Crippen MR) is 116 cm³/mol. The van der Waals surface area contributed by atoms with Crippen LogP contribution in [0, 0.1) is 0 Å². The molecule has 0 spiro atoms.